The lowest BCUT2D eigenvalue weighted by atomic mass is 9.93. The number of pyridine rings is 1. The van der Waals surface area contributed by atoms with E-state index in [1.165, 1.54) is 0 Å². The third-order valence-corrected chi connectivity index (χ3v) is 5.51. The minimum atomic E-state index is 0.0707. The van der Waals surface area contributed by atoms with Crippen LogP contribution in [0.15, 0.2) is 24.4 Å². The molecular weight excluding hydrogens is 342 g/mol. The molecule has 0 aromatic carbocycles. The van der Waals surface area contributed by atoms with Crippen LogP contribution in [-0.4, -0.2) is 67.5 Å². The Bertz CT molecular complexity index is 596. The molecule has 1 aromatic heterocycles. The van der Waals surface area contributed by atoms with Gasteiger partial charge < -0.3 is 20.4 Å². The quantitative estimate of drug-likeness (QED) is 0.746. The van der Waals surface area contributed by atoms with Crippen molar-refractivity contribution < 1.29 is 9.59 Å². The molecule has 0 radical (unpaired) electrons. The van der Waals surface area contributed by atoms with Crippen LogP contribution in [0.2, 0.25) is 0 Å². The van der Waals surface area contributed by atoms with Crippen molar-refractivity contribution in [3.05, 3.63) is 24.4 Å². The molecule has 3 rings (SSSR count). The molecule has 148 valence electrons. The van der Waals surface area contributed by atoms with Crippen LogP contribution in [0.3, 0.4) is 0 Å². The average molecular weight is 374 g/mol. The Hall–Kier alpha value is -2.15. The van der Waals surface area contributed by atoms with Gasteiger partial charge in [0, 0.05) is 51.8 Å². The van der Waals surface area contributed by atoms with Gasteiger partial charge in [0.05, 0.1) is 0 Å². The number of hydrogen-bond donors (Lipinski definition) is 2. The molecular formula is C20H31N5O2. The van der Waals surface area contributed by atoms with E-state index in [2.05, 4.69) is 20.5 Å². The zero-order chi connectivity index (χ0) is 18.9. The van der Waals surface area contributed by atoms with Gasteiger partial charge in [-0.05, 0) is 50.4 Å². The molecule has 0 bridgehead atoms. The van der Waals surface area contributed by atoms with E-state index in [1.807, 2.05) is 23.1 Å². The molecule has 0 aliphatic carbocycles. The fourth-order valence-corrected chi connectivity index (χ4v) is 3.79. The number of carbonyl (C=O) groups excluding carboxylic acids is 2. The molecule has 2 amide bonds. The minimum absolute atomic E-state index is 0.0707. The Morgan fingerprint density at radius 3 is 2.59 bits per heavy atom. The molecule has 7 heteroatoms. The van der Waals surface area contributed by atoms with Gasteiger partial charge in [0.2, 0.25) is 11.8 Å². The second-order valence-electron chi connectivity index (χ2n) is 7.39. The lowest BCUT2D eigenvalue weighted by Gasteiger charge is -2.35. The molecule has 2 saturated heterocycles. The van der Waals surface area contributed by atoms with Crippen LogP contribution in [0.4, 0.5) is 5.82 Å². The summed E-state index contributed by atoms with van der Waals surface area (Å²) >= 11 is 0. The van der Waals surface area contributed by atoms with E-state index in [0.29, 0.717) is 38.4 Å². The Morgan fingerprint density at radius 1 is 1.11 bits per heavy atom. The molecule has 7 nitrogen and oxygen atoms in total. The highest BCUT2D eigenvalue weighted by Crippen LogP contribution is 2.17. The Balaban J connectivity index is 1.29. The van der Waals surface area contributed by atoms with E-state index in [0.717, 1.165) is 51.3 Å². The van der Waals surface area contributed by atoms with Crippen molar-refractivity contribution in [2.24, 2.45) is 5.92 Å². The zero-order valence-electron chi connectivity index (χ0n) is 16.0. The largest absolute Gasteiger partial charge is 0.356 e. The standard InChI is InChI=1S/C20H31N5O2/c26-19(5-4-17-6-10-21-11-7-17)23-12-8-20(27)25-15-13-24(14-16-25)18-3-1-2-9-22-18/h1-3,9,17,21H,4-8,10-16H2,(H,23,26). The molecule has 2 fully saturated rings. The first-order chi connectivity index (χ1) is 13.2. The molecule has 3 heterocycles. The maximum Gasteiger partial charge on any atom is 0.224 e. The molecule has 2 N–H and O–H groups in total. The monoisotopic (exact) mass is 373 g/mol. The van der Waals surface area contributed by atoms with Crippen LogP contribution in [0.25, 0.3) is 0 Å². The summed E-state index contributed by atoms with van der Waals surface area (Å²) in [4.78, 5) is 32.8. The molecule has 0 saturated carbocycles. The highest BCUT2D eigenvalue weighted by Gasteiger charge is 2.21. The molecule has 1 aromatic rings. The van der Waals surface area contributed by atoms with Crippen molar-refractivity contribution >= 4 is 17.6 Å². The Morgan fingerprint density at radius 2 is 1.89 bits per heavy atom. The number of carbonyl (C=O) groups is 2. The third-order valence-electron chi connectivity index (χ3n) is 5.51. The predicted octanol–water partition coefficient (Wildman–Crippen LogP) is 1.02. The number of nitrogens with one attached hydrogen (secondary N) is 2. The summed E-state index contributed by atoms with van der Waals surface area (Å²) in [5.74, 6) is 1.82. The van der Waals surface area contributed by atoms with E-state index in [9.17, 15) is 9.59 Å². The first-order valence-corrected chi connectivity index (χ1v) is 10.1. The van der Waals surface area contributed by atoms with Crippen molar-refractivity contribution in [3.63, 3.8) is 0 Å². The van der Waals surface area contributed by atoms with E-state index >= 15 is 0 Å². The summed E-state index contributed by atoms with van der Waals surface area (Å²) in [6.07, 6.45) is 6.02. The van der Waals surface area contributed by atoms with E-state index in [4.69, 9.17) is 0 Å². The van der Waals surface area contributed by atoms with Crippen molar-refractivity contribution in [1.82, 2.24) is 20.5 Å². The first-order valence-electron chi connectivity index (χ1n) is 10.1. The van der Waals surface area contributed by atoms with Gasteiger partial charge in [0.1, 0.15) is 5.82 Å². The van der Waals surface area contributed by atoms with Crippen molar-refractivity contribution in [3.8, 4) is 0 Å². The van der Waals surface area contributed by atoms with Crippen LogP contribution in [0.5, 0.6) is 0 Å². The van der Waals surface area contributed by atoms with Gasteiger partial charge >= 0.3 is 0 Å². The number of hydrogen-bond acceptors (Lipinski definition) is 5. The SMILES string of the molecule is O=C(CCC1CCNCC1)NCCC(=O)N1CCN(c2ccccn2)CC1. The van der Waals surface area contributed by atoms with Gasteiger partial charge in [-0.25, -0.2) is 4.98 Å². The van der Waals surface area contributed by atoms with Crippen LogP contribution < -0.4 is 15.5 Å². The van der Waals surface area contributed by atoms with Gasteiger partial charge in [-0.3, -0.25) is 9.59 Å². The lowest BCUT2D eigenvalue weighted by Crippen LogP contribution is -2.49. The van der Waals surface area contributed by atoms with Crippen molar-refractivity contribution in [1.29, 1.82) is 0 Å². The average Bonchev–Trinajstić information content (AvgIpc) is 2.74. The van der Waals surface area contributed by atoms with Crippen LogP contribution in [0, 0.1) is 5.92 Å². The van der Waals surface area contributed by atoms with Crippen molar-refractivity contribution in [2.75, 3.05) is 50.7 Å². The van der Waals surface area contributed by atoms with Crippen LogP contribution >= 0.6 is 0 Å². The summed E-state index contributed by atoms with van der Waals surface area (Å²) < 4.78 is 0. The summed E-state index contributed by atoms with van der Waals surface area (Å²) in [6, 6.07) is 5.88. The highest BCUT2D eigenvalue weighted by atomic mass is 16.2. The lowest BCUT2D eigenvalue weighted by molar-refractivity contribution is -0.131. The Labute approximate surface area is 161 Å². The molecule has 2 aliphatic rings. The molecule has 0 spiro atoms. The third kappa shape index (κ3) is 6.20. The maximum atomic E-state index is 12.4. The summed E-state index contributed by atoms with van der Waals surface area (Å²) in [5.41, 5.74) is 0. The number of nitrogens with zero attached hydrogens (tertiary/aromatic N) is 3. The summed E-state index contributed by atoms with van der Waals surface area (Å²) in [7, 11) is 0. The number of anilines is 1. The number of amides is 2. The Kier molecular flexibility index (Phi) is 7.45. The summed E-state index contributed by atoms with van der Waals surface area (Å²) in [5, 5.41) is 6.25. The number of aromatic nitrogens is 1. The van der Waals surface area contributed by atoms with Crippen LogP contribution in [0.1, 0.15) is 32.1 Å². The molecule has 0 atom stereocenters. The zero-order valence-corrected chi connectivity index (χ0v) is 16.0. The van der Waals surface area contributed by atoms with Crippen molar-refractivity contribution in [2.45, 2.75) is 32.1 Å². The molecule has 27 heavy (non-hydrogen) atoms. The predicted molar refractivity (Wildman–Crippen MR) is 105 cm³/mol. The number of piperidine rings is 1. The first kappa shape index (κ1) is 19.6. The molecule has 2 aliphatic heterocycles. The highest BCUT2D eigenvalue weighted by molar-refractivity contribution is 5.79. The van der Waals surface area contributed by atoms with Gasteiger partial charge in [-0.1, -0.05) is 6.07 Å². The normalized spacial score (nSPS) is 18.4. The minimum Gasteiger partial charge on any atom is -0.356 e. The second-order valence-corrected chi connectivity index (χ2v) is 7.39. The smallest absolute Gasteiger partial charge is 0.224 e. The second kappa shape index (κ2) is 10.3. The number of piperazine rings is 1. The van der Waals surface area contributed by atoms with Crippen LogP contribution in [-0.2, 0) is 9.59 Å². The topological polar surface area (TPSA) is 77.6 Å². The van der Waals surface area contributed by atoms with Gasteiger partial charge in [-0.2, -0.15) is 0 Å². The van der Waals surface area contributed by atoms with Gasteiger partial charge in [0.25, 0.3) is 0 Å². The fourth-order valence-electron chi connectivity index (χ4n) is 3.79. The van der Waals surface area contributed by atoms with Gasteiger partial charge in [0.15, 0.2) is 0 Å². The van der Waals surface area contributed by atoms with E-state index in [-0.39, 0.29) is 11.8 Å². The summed E-state index contributed by atoms with van der Waals surface area (Å²) in [6.45, 7) is 5.57. The van der Waals surface area contributed by atoms with Gasteiger partial charge in [-0.15, -0.1) is 0 Å². The van der Waals surface area contributed by atoms with E-state index in [1.54, 1.807) is 6.20 Å². The number of rotatable bonds is 7. The maximum absolute atomic E-state index is 12.4. The van der Waals surface area contributed by atoms with E-state index < -0.39 is 0 Å². The molecule has 0 unspecified atom stereocenters. The fraction of sp³-hybridized carbons (Fsp3) is 0.650.